The van der Waals surface area contributed by atoms with Crippen molar-refractivity contribution in [3.05, 3.63) is 82.7 Å². The van der Waals surface area contributed by atoms with Crippen molar-refractivity contribution in [2.75, 3.05) is 0 Å². The van der Waals surface area contributed by atoms with Gasteiger partial charge in [-0.2, -0.15) is 0 Å². The molecule has 23 heavy (non-hydrogen) atoms. The zero-order valence-corrected chi connectivity index (χ0v) is 12.7. The van der Waals surface area contributed by atoms with Gasteiger partial charge in [0.2, 0.25) is 6.20 Å². The molecule has 2 aromatic carbocycles. The smallest absolute Gasteiger partial charge is 0.259 e. The van der Waals surface area contributed by atoms with E-state index in [4.69, 9.17) is 0 Å². The van der Waals surface area contributed by atoms with Crippen molar-refractivity contribution in [2.45, 2.75) is 4.90 Å². The van der Waals surface area contributed by atoms with Gasteiger partial charge in [-0.15, -0.1) is 0 Å². The van der Waals surface area contributed by atoms with Crippen LogP contribution in [0, 0.1) is 10.1 Å². The van der Waals surface area contributed by atoms with Crippen molar-refractivity contribution < 1.29 is 13.3 Å². The normalized spacial score (nSPS) is 12.0. The van der Waals surface area contributed by atoms with Gasteiger partial charge >= 0.3 is 0 Å². The van der Waals surface area contributed by atoms with E-state index >= 15 is 0 Å². The Labute approximate surface area is 132 Å². The summed E-state index contributed by atoms with van der Waals surface area (Å²) in [5.74, 6) is 0. The molecule has 0 atom stereocenters. The molecule has 6 nitrogen and oxygen atoms in total. The number of nitro groups is 1. The Morgan fingerprint density at radius 1 is 1.00 bits per heavy atom. The lowest BCUT2D eigenvalue weighted by molar-refractivity contribution is -0.400. The van der Waals surface area contributed by atoms with Gasteiger partial charge in [-0.05, 0) is 18.2 Å². The Kier molecular flexibility index (Phi) is 3.71. The zero-order valence-electron chi connectivity index (χ0n) is 11.9. The van der Waals surface area contributed by atoms with Crippen LogP contribution < -0.4 is 0 Å². The van der Waals surface area contributed by atoms with Crippen LogP contribution in [-0.2, 0) is 10.0 Å². The largest absolute Gasteiger partial charge is 0.268 e. The summed E-state index contributed by atoms with van der Waals surface area (Å²) in [6.07, 6.45) is 3.48. The van der Waals surface area contributed by atoms with Gasteiger partial charge in [-0.3, -0.25) is 10.1 Å². The van der Waals surface area contributed by atoms with E-state index in [0.717, 1.165) is 10.2 Å². The molecule has 3 aromatic rings. The summed E-state index contributed by atoms with van der Waals surface area (Å²) in [7, 11) is -3.77. The van der Waals surface area contributed by atoms with Gasteiger partial charge in [0.15, 0.2) is 0 Å². The van der Waals surface area contributed by atoms with Crippen molar-refractivity contribution in [3.8, 4) is 0 Å². The highest BCUT2D eigenvalue weighted by Gasteiger charge is 2.20. The van der Waals surface area contributed by atoms with Crippen LogP contribution in [0.1, 0.15) is 5.56 Å². The summed E-state index contributed by atoms with van der Waals surface area (Å²) in [4.78, 5) is 10.1. The number of aromatic nitrogens is 1. The van der Waals surface area contributed by atoms with E-state index in [1.165, 1.54) is 24.4 Å². The van der Waals surface area contributed by atoms with Crippen LogP contribution in [0.4, 0.5) is 0 Å². The van der Waals surface area contributed by atoms with Crippen molar-refractivity contribution in [1.82, 2.24) is 3.97 Å². The molecule has 1 aromatic heterocycles. The first-order valence-corrected chi connectivity index (χ1v) is 8.16. The SMILES string of the molecule is O=[N+]([O-])C=Cc1cn(S(=O)(=O)c2ccccc2)c2ccccc12. The maximum atomic E-state index is 12.8. The summed E-state index contributed by atoms with van der Waals surface area (Å²) in [5.41, 5.74) is 0.941. The number of fused-ring (bicyclic) bond motifs is 1. The monoisotopic (exact) mass is 328 g/mol. The first-order chi connectivity index (χ1) is 11.0. The van der Waals surface area contributed by atoms with E-state index < -0.39 is 14.9 Å². The molecule has 0 aliphatic rings. The molecular formula is C16H12N2O4S. The second-order valence-electron chi connectivity index (χ2n) is 4.82. The highest BCUT2D eigenvalue weighted by molar-refractivity contribution is 7.90. The molecule has 0 fully saturated rings. The van der Waals surface area contributed by atoms with Crippen molar-refractivity contribution in [2.24, 2.45) is 0 Å². The standard InChI is InChI=1S/C16H12N2O4S/c19-18(20)11-10-13-12-17(16-9-5-4-8-15(13)16)23(21,22)14-6-2-1-3-7-14/h1-12H. The summed E-state index contributed by atoms with van der Waals surface area (Å²) in [6, 6.07) is 14.9. The highest BCUT2D eigenvalue weighted by Crippen LogP contribution is 2.26. The van der Waals surface area contributed by atoms with Crippen LogP contribution in [0.15, 0.2) is 71.9 Å². The summed E-state index contributed by atoms with van der Waals surface area (Å²) in [6.45, 7) is 0. The molecule has 7 heteroatoms. The minimum Gasteiger partial charge on any atom is -0.259 e. The van der Waals surface area contributed by atoms with Gasteiger partial charge in [-0.1, -0.05) is 36.4 Å². The molecule has 0 spiro atoms. The summed E-state index contributed by atoms with van der Waals surface area (Å²) < 4.78 is 26.8. The molecule has 1 heterocycles. The Bertz CT molecular complexity index is 1000. The van der Waals surface area contributed by atoms with Crippen LogP contribution in [0.5, 0.6) is 0 Å². The number of hydrogen-bond acceptors (Lipinski definition) is 4. The topological polar surface area (TPSA) is 82.2 Å². The fourth-order valence-corrected chi connectivity index (χ4v) is 3.75. The third kappa shape index (κ3) is 2.74. The van der Waals surface area contributed by atoms with Crippen molar-refractivity contribution in [1.29, 1.82) is 0 Å². The minimum absolute atomic E-state index is 0.158. The Hall–Kier alpha value is -2.93. The molecule has 0 saturated carbocycles. The second-order valence-corrected chi connectivity index (χ2v) is 6.63. The first kappa shape index (κ1) is 15.0. The zero-order chi connectivity index (χ0) is 16.4. The molecule has 0 radical (unpaired) electrons. The van der Waals surface area contributed by atoms with Crippen molar-refractivity contribution in [3.63, 3.8) is 0 Å². The third-order valence-electron chi connectivity index (χ3n) is 3.38. The maximum Gasteiger partial charge on any atom is 0.268 e. The number of hydrogen-bond donors (Lipinski definition) is 0. The second kappa shape index (κ2) is 5.69. The first-order valence-electron chi connectivity index (χ1n) is 6.72. The van der Waals surface area contributed by atoms with Crippen LogP contribution in [0.2, 0.25) is 0 Å². The predicted molar refractivity (Wildman–Crippen MR) is 87.0 cm³/mol. The Morgan fingerprint density at radius 3 is 2.35 bits per heavy atom. The molecule has 0 N–H and O–H groups in total. The van der Waals surface area contributed by atoms with Crippen LogP contribution >= 0.6 is 0 Å². The number of para-hydroxylation sites is 1. The molecule has 0 amide bonds. The maximum absolute atomic E-state index is 12.8. The lowest BCUT2D eigenvalue weighted by atomic mass is 10.2. The van der Waals surface area contributed by atoms with Crippen molar-refractivity contribution >= 4 is 27.0 Å². The fraction of sp³-hybridized carbons (Fsp3) is 0. The summed E-state index contributed by atoms with van der Waals surface area (Å²) in [5, 5.41) is 11.2. The van der Waals surface area contributed by atoms with Gasteiger partial charge in [0.05, 0.1) is 15.3 Å². The quantitative estimate of drug-likeness (QED) is 0.544. The Morgan fingerprint density at radius 2 is 1.65 bits per heavy atom. The van der Waals surface area contributed by atoms with E-state index in [9.17, 15) is 18.5 Å². The van der Waals surface area contributed by atoms with E-state index in [1.54, 1.807) is 42.5 Å². The average molecular weight is 328 g/mol. The molecule has 0 bridgehead atoms. The van der Waals surface area contributed by atoms with E-state index in [1.807, 2.05) is 0 Å². The van der Waals surface area contributed by atoms with E-state index in [0.29, 0.717) is 16.5 Å². The lowest BCUT2D eigenvalue weighted by Crippen LogP contribution is -2.11. The lowest BCUT2D eigenvalue weighted by Gasteiger charge is -2.07. The molecule has 3 rings (SSSR count). The van der Waals surface area contributed by atoms with Gasteiger partial charge < -0.3 is 0 Å². The average Bonchev–Trinajstić information content (AvgIpc) is 2.93. The molecule has 0 aliphatic carbocycles. The molecule has 0 aliphatic heterocycles. The number of rotatable bonds is 4. The number of nitrogens with zero attached hydrogens (tertiary/aromatic N) is 2. The Balaban J connectivity index is 2.25. The highest BCUT2D eigenvalue weighted by atomic mass is 32.2. The molecular weight excluding hydrogens is 316 g/mol. The third-order valence-corrected chi connectivity index (χ3v) is 5.07. The summed E-state index contributed by atoms with van der Waals surface area (Å²) >= 11 is 0. The van der Waals surface area contributed by atoms with E-state index in [-0.39, 0.29) is 4.90 Å². The molecule has 116 valence electrons. The van der Waals surface area contributed by atoms with Gasteiger partial charge in [-0.25, -0.2) is 12.4 Å². The molecule has 0 unspecified atom stereocenters. The van der Waals surface area contributed by atoms with Crippen LogP contribution in [0.3, 0.4) is 0 Å². The van der Waals surface area contributed by atoms with Gasteiger partial charge in [0, 0.05) is 23.2 Å². The van der Waals surface area contributed by atoms with Gasteiger partial charge in [0.1, 0.15) is 0 Å². The number of benzene rings is 2. The minimum atomic E-state index is -3.77. The fourth-order valence-electron chi connectivity index (χ4n) is 2.35. The molecule has 0 saturated heterocycles. The van der Waals surface area contributed by atoms with Crippen LogP contribution in [0.25, 0.3) is 17.0 Å². The van der Waals surface area contributed by atoms with E-state index in [2.05, 4.69) is 0 Å². The van der Waals surface area contributed by atoms with Crippen LogP contribution in [-0.4, -0.2) is 17.3 Å². The van der Waals surface area contributed by atoms with Gasteiger partial charge in [0.25, 0.3) is 10.0 Å². The predicted octanol–water partition coefficient (Wildman–Crippen LogP) is 3.13.